The molecule has 2 rings (SSSR count). The minimum atomic E-state index is -0.152. The third kappa shape index (κ3) is 3.67. The molecule has 0 amide bonds. The number of aryl methyl sites for hydroxylation is 1. The first-order valence-electron chi connectivity index (χ1n) is 6.15. The number of ether oxygens (including phenoxy) is 1. The van der Waals surface area contributed by atoms with Gasteiger partial charge in [0.05, 0.1) is 11.5 Å². The molecule has 0 unspecified atom stereocenters. The molecule has 2 N–H and O–H groups in total. The lowest BCUT2D eigenvalue weighted by atomic mass is 10.1. The molecule has 0 aliphatic carbocycles. The molecular weight excluding hydrogens is 276 g/mol. The van der Waals surface area contributed by atoms with Gasteiger partial charge in [0.2, 0.25) is 0 Å². The molecule has 0 saturated carbocycles. The van der Waals surface area contributed by atoms with Crippen LogP contribution in [-0.4, -0.2) is 25.9 Å². The van der Waals surface area contributed by atoms with Crippen molar-refractivity contribution in [3.8, 4) is 5.75 Å². The third-order valence-corrected chi connectivity index (χ3v) is 2.90. The molecule has 0 atom stereocenters. The van der Waals surface area contributed by atoms with Crippen molar-refractivity contribution in [1.82, 2.24) is 14.3 Å². The van der Waals surface area contributed by atoms with Gasteiger partial charge >= 0.3 is 5.69 Å². The molecule has 0 aliphatic rings. The van der Waals surface area contributed by atoms with Crippen LogP contribution in [0.1, 0.15) is 5.56 Å². The van der Waals surface area contributed by atoms with E-state index >= 15 is 0 Å². The molecule has 0 bridgehead atoms. The van der Waals surface area contributed by atoms with Crippen LogP contribution in [0.3, 0.4) is 0 Å². The average molecular weight is 292 g/mol. The molecule has 1 aromatic heterocycles. The molecule has 2 aromatic rings. The van der Waals surface area contributed by atoms with Crippen molar-refractivity contribution in [2.45, 2.75) is 13.0 Å². The van der Waals surface area contributed by atoms with Crippen molar-refractivity contribution in [2.24, 2.45) is 12.8 Å². The largest absolute Gasteiger partial charge is 0.492 e. The first kappa shape index (κ1) is 14.3. The van der Waals surface area contributed by atoms with Crippen molar-refractivity contribution in [3.63, 3.8) is 0 Å². The first-order valence-corrected chi connectivity index (χ1v) is 6.55. The Hall–Kier alpha value is -2.15. The first-order chi connectivity index (χ1) is 9.56. The van der Waals surface area contributed by atoms with Gasteiger partial charge in [-0.25, -0.2) is 9.48 Å². The maximum Gasteiger partial charge on any atom is 0.345 e. The summed E-state index contributed by atoms with van der Waals surface area (Å²) in [7, 11) is 1.66. The lowest BCUT2D eigenvalue weighted by molar-refractivity contribution is 0.288. The van der Waals surface area contributed by atoms with Crippen LogP contribution >= 0.6 is 12.2 Å². The number of rotatable bonds is 6. The number of benzene rings is 1. The second-order valence-electron chi connectivity index (χ2n) is 4.38. The van der Waals surface area contributed by atoms with Gasteiger partial charge in [0.25, 0.3) is 0 Å². The molecule has 6 nitrogen and oxygen atoms in total. The topological polar surface area (TPSA) is 75.1 Å². The molecule has 106 valence electrons. The van der Waals surface area contributed by atoms with Crippen LogP contribution in [0.15, 0.2) is 35.4 Å². The Kier molecular flexibility index (Phi) is 4.52. The second kappa shape index (κ2) is 6.33. The van der Waals surface area contributed by atoms with Gasteiger partial charge in [-0.3, -0.25) is 4.57 Å². The van der Waals surface area contributed by atoms with Crippen molar-refractivity contribution in [1.29, 1.82) is 0 Å². The van der Waals surface area contributed by atoms with E-state index in [-0.39, 0.29) is 5.69 Å². The smallest absolute Gasteiger partial charge is 0.345 e. The van der Waals surface area contributed by atoms with Crippen LogP contribution in [0.2, 0.25) is 0 Å². The van der Waals surface area contributed by atoms with Gasteiger partial charge in [0, 0.05) is 13.5 Å². The van der Waals surface area contributed by atoms with Gasteiger partial charge in [0.1, 0.15) is 18.7 Å². The highest BCUT2D eigenvalue weighted by Gasteiger charge is 2.02. The van der Waals surface area contributed by atoms with Gasteiger partial charge in [-0.1, -0.05) is 24.4 Å². The van der Waals surface area contributed by atoms with E-state index in [1.54, 1.807) is 7.05 Å². The van der Waals surface area contributed by atoms with Crippen LogP contribution in [0.4, 0.5) is 0 Å². The maximum atomic E-state index is 11.5. The van der Waals surface area contributed by atoms with Crippen LogP contribution in [0.25, 0.3) is 0 Å². The summed E-state index contributed by atoms with van der Waals surface area (Å²) in [6.45, 7) is 0.792. The SMILES string of the molecule is Cn1cnn(CCOc2ccc(CC(N)=S)cc2)c1=O. The van der Waals surface area contributed by atoms with Crippen LogP contribution in [0, 0.1) is 0 Å². The Morgan fingerprint density at radius 1 is 1.40 bits per heavy atom. The highest BCUT2D eigenvalue weighted by atomic mass is 32.1. The summed E-state index contributed by atoms with van der Waals surface area (Å²) in [5.74, 6) is 0.737. The summed E-state index contributed by atoms with van der Waals surface area (Å²) in [6.07, 6.45) is 2.06. The Balaban J connectivity index is 1.86. The normalized spacial score (nSPS) is 10.4. The molecule has 1 heterocycles. The fourth-order valence-corrected chi connectivity index (χ4v) is 1.90. The number of hydrogen-bond donors (Lipinski definition) is 1. The van der Waals surface area contributed by atoms with E-state index in [1.807, 2.05) is 24.3 Å². The highest BCUT2D eigenvalue weighted by molar-refractivity contribution is 7.80. The van der Waals surface area contributed by atoms with E-state index < -0.39 is 0 Å². The summed E-state index contributed by atoms with van der Waals surface area (Å²) in [5, 5.41) is 3.95. The van der Waals surface area contributed by atoms with Crippen LogP contribution in [-0.2, 0) is 20.0 Å². The maximum absolute atomic E-state index is 11.5. The van der Waals surface area contributed by atoms with Gasteiger partial charge in [0.15, 0.2) is 0 Å². The van der Waals surface area contributed by atoms with Crippen molar-refractivity contribution in [3.05, 3.63) is 46.6 Å². The summed E-state index contributed by atoms with van der Waals surface area (Å²) >= 11 is 4.85. The summed E-state index contributed by atoms with van der Waals surface area (Å²) in [6, 6.07) is 7.55. The molecule has 0 radical (unpaired) electrons. The Labute approximate surface area is 121 Å². The van der Waals surface area contributed by atoms with Crippen LogP contribution < -0.4 is 16.2 Å². The molecule has 0 saturated heterocycles. The van der Waals surface area contributed by atoms with E-state index in [1.165, 1.54) is 15.6 Å². The predicted octanol–water partition coefficient (Wildman–Crippen LogP) is 0.489. The lowest BCUT2D eigenvalue weighted by Gasteiger charge is -2.06. The summed E-state index contributed by atoms with van der Waals surface area (Å²) < 4.78 is 8.34. The molecule has 1 aromatic carbocycles. The number of nitrogens with zero attached hydrogens (tertiary/aromatic N) is 3. The van der Waals surface area contributed by atoms with Gasteiger partial charge < -0.3 is 10.5 Å². The van der Waals surface area contributed by atoms with Gasteiger partial charge in [-0.2, -0.15) is 5.10 Å². The average Bonchev–Trinajstić information content (AvgIpc) is 2.72. The molecule has 0 spiro atoms. The van der Waals surface area contributed by atoms with E-state index in [4.69, 9.17) is 22.7 Å². The molecule has 0 fully saturated rings. The number of thiocarbonyl (C=S) groups is 1. The summed E-state index contributed by atoms with van der Waals surface area (Å²) in [4.78, 5) is 12.0. The van der Waals surface area contributed by atoms with Crippen LogP contribution in [0.5, 0.6) is 5.75 Å². The summed E-state index contributed by atoms with van der Waals surface area (Å²) in [5.41, 5.74) is 6.38. The van der Waals surface area contributed by atoms with E-state index in [0.717, 1.165) is 11.3 Å². The zero-order chi connectivity index (χ0) is 14.5. The third-order valence-electron chi connectivity index (χ3n) is 2.76. The predicted molar refractivity (Wildman–Crippen MR) is 79.9 cm³/mol. The fraction of sp³-hybridized carbons (Fsp3) is 0.308. The molecule has 20 heavy (non-hydrogen) atoms. The zero-order valence-corrected chi connectivity index (χ0v) is 12.0. The number of nitrogens with two attached hydrogens (primary N) is 1. The Morgan fingerprint density at radius 3 is 2.65 bits per heavy atom. The molecular formula is C13H16N4O2S. The lowest BCUT2D eigenvalue weighted by Crippen LogP contribution is -2.25. The molecule has 0 aliphatic heterocycles. The highest BCUT2D eigenvalue weighted by Crippen LogP contribution is 2.12. The zero-order valence-electron chi connectivity index (χ0n) is 11.2. The number of hydrogen-bond acceptors (Lipinski definition) is 4. The standard InChI is InChI=1S/C13H16N4O2S/c1-16-9-15-17(13(16)18)6-7-19-11-4-2-10(3-5-11)8-12(14)20/h2-5,9H,6-8H2,1H3,(H2,14,20). The van der Waals surface area contributed by atoms with Gasteiger partial charge in [-0.05, 0) is 17.7 Å². The minimum absolute atomic E-state index is 0.152. The quantitative estimate of drug-likeness (QED) is 0.784. The monoisotopic (exact) mass is 292 g/mol. The van der Waals surface area contributed by atoms with E-state index in [9.17, 15) is 4.79 Å². The van der Waals surface area contributed by atoms with Crippen molar-refractivity contribution < 1.29 is 4.74 Å². The Bertz CT molecular complexity index is 645. The fourth-order valence-electron chi connectivity index (χ4n) is 1.73. The van der Waals surface area contributed by atoms with Crippen molar-refractivity contribution >= 4 is 17.2 Å². The van der Waals surface area contributed by atoms with Crippen molar-refractivity contribution in [2.75, 3.05) is 6.61 Å². The number of aromatic nitrogens is 3. The Morgan fingerprint density at radius 2 is 2.10 bits per heavy atom. The van der Waals surface area contributed by atoms with E-state index in [0.29, 0.717) is 24.6 Å². The van der Waals surface area contributed by atoms with Gasteiger partial charge in [-0.15, -0.1) is 0 Å². The van der Waals surface area contributed by atoms with E-state index in [2.05, 4.69) is 5.10 Å². The second-order valence-corrected chi connectivity index (χ2v) is 4.91. The molecule has 7 heteroatoms. The minimum Gasteiger partial charge on any atom is -0.492 e.